The van der Waals surface area contributed by atoms with Gasteiger partial charge in [0.25, 0.3) is 5.91 Å². The zero-order chi connectivity index (χ0) is 17.8. The van der Waals surface area contributed by atoms with Crippen LogP contribution in [0, 0.1) is 12.3 Å². The SMILES string of the molecule is C#CCOc1ccc(/C=C2\NC(=O)N(c3cccc(Cl)c3)C2=O)cc1. The third kappa shape index (κ3) is 3.65. The molecule has 1 aliphatic heterocycles. The van der Waals surface area contributed by atoms with Gasteiger partial charge in [0.2, 0.25) is 0 Å². The Kier molecular flexibility index (Phi) is 4.73. The number of imide groups is 1. The molecule has 0 radical (unpaired) electrons. The molecular weight excluding hydrogens is 340 g/mol. The number of benzene rings is 2. The Bertz CT molecular complexity index is 898. The number of nitrogens with zero attached hydrogens (tertiary/aromatic N) is 1. The number of hydrogen-bond donors (Lipinski definition) is 1. The van der Waals surface area contributed by atoms with Crippen LogP contribution < -0.4 is 15.0 Å². The average Bonchev–Trinajstić information content (AvgIpc) is 2.88. The Balaban J connectivity index is 1.82. The summed E-state index contributed by atoms with van der Waals surface area (Å²) in [5.41, 5.74) is 1.34. The van der Waals surface area contributed by atoms with Crippen molar-refractivity contribution in [3.63, 3.8) is 0 Å². The maximum atomic E-state index is 12.5. The fourth-order valence-corrected chi connectivity index (χ4v) is 2.52. The number of halogens is 1. The molecule has 3 amide bonds. The minimum atomic E-state index is -0.521. The Hall–Kier alpha value is -3.23. The van der Waals surface area contributed by atoms with Crippen molar-refractivity contribution < 1.29 is 14.3 Å². The molecule has 1 saturated heterocycles. The third-order valence-corrected chi connectivity index (χ3v) is 3.69. The van der Waals surface area contributed by atoms with Crippen LogP contribution in [0.25, 0.3) is 6.08 Å². The molecule has 124 valence electrons. The quantitative estimate of drug-likeness (QED) is 0.521. The van der Waals surface area contributed by atoms with Crippen molar-refractivity contribution in [3.05, 3.63) is 64.8 Å². The minimum absolute atomic E-state index is 0.183. The summed E-state index contributed by atoms with van der Waals surface area (Å²) in [4.78, 5) is 25.7. The Morgan fingerprint density at radius 2 is 1.96 bits per heavy atom. The van der Waals surface area contributed by atoms with Gasteiger partial charge in [-0.2, -0.15) is 0 Å². The zero-order valence-electron chi connectivity index (χ0n) is 13.0. The van der Waals surface area contributed by atoms with Gasteiger partial charge >= 0.3 is 6.03 Å². The van der Waals surface area contributed by atoms with Gasteiger partial charge < -0.3 is 10.1 Å². The van der Waals surface area contributed by atoms with Crippen molar-refractivity contribution in [1.29, 1.82) is 0 Å². The number of nitrogens with one attached hydrogen (secondary N) is 1. The van der Waals surface area contributed by atoms with Crippen molar-refractivity contribution in [2.24, 2.45) is 0 Å². The van der Waals surface area contributed by atoms with Gasteiger partial charge in [0.05, 0.1) is 5.69 Å². The summed E-state index contributed by atoms with van der Waals surface area (Å²) in [7, 11) is 0. The van der Waals surface area contributed by atoms with E-state index in [0.29, 0.717) is 16.5 Å². The molecule has 5 nitrogen and oxygen atoms in total. The highest BCUT2D eigenvalue weighted by Gasteiger charge is 2.34. The maximum Gasteiger partial charge on any atom is 0.333 e. The zero-order valence-corrected chi connectivity index (χ0v) is 13.8. The lowest BCUT2D eigenvalue weighted by molar-refractivity contribution is -0.113. The van der Waals surface area contributed by atoms with Crippen molar-refractivity contribution in [2.75, 3.05) is 11.5 Å². The predicted molar refractivity (Wildman–Crippen MR) is 96.2 cm³/mol. The van der Waals surface area contributed by atoms with E-state index in [-0.39, 0.29) is 12.3 Å². The number of terminal acetylenes is 1. The van der Waals surface area contributed by atoms with Crippen LogP contribution in [0.1, 0.15) is 5.56 Å². The molecule has 0 spiro atoms. The van der Waals surface area contributed by atoms with Crippen molar-refractivity contribution in [2.45, 2.75) is 0 Å². The van der Waals surface area contributed by atoms with Crippen LogP contribution in [0.5, 0.6) is 5.75 Å². The number of hydrogen-bond acceptors (Lipinski definition) is 3. The predicted octanol–water partition coefficient (Wildman–Crippen LogP) is 3.45. The van der Waals surface area contributed by atoms with E-state index in [1.807, 2.05) is 0 Å². The second-order valence-corrected chi connectivity index (χ2v) is 5.61. The molecule has 0 saturated carbocycles. The molecule has 6 heteroatoms. The lowest BCUT2D eigenvalue weighted by atomic mass is 10.2. The van der Waals surface area contributed by atoms with Gasteiger partial charge in [0.1, 0.15) is 18.1 Å². The number of anilines is 1. The van der Waals surface area contributed by atoms with Crippen LogP contribution >= 0.6 is 11.6 Å². The second-order valence-electron chi connectivity index (χ2n) is 5.17. The highest BCUT2D eigenvalue weighted by molar-refractivity contribution is 6.32. The van der Waals surface area contributed by atoms with Crippen molar-refractivity contribution in [1.82, 2.24) is 5.32 Å². The van der Waals surface area contributed by atoms with Crippen LogP contribution in [-0.4, -0.2) is 18.5 Å². The van der Waals surface area contributed by atoms with Crippen molar-refractivity contribution in [3.8, 4) is 18.1 Å². The average molecular weight is 353 g/mol. The van der Waals surface area contributed by atoms with Gasteiger partial charge in [-0.3, -0.25) is 4.79 Å². The van der Waals surface area contributed by atoms with Crippen LogP contribution in [-0.2, 0) is 4.79 Å². The van der Waals surface area contributed by atoms with E-state index in [1.54, 1.807) is 54.6 Å². The van der Waals surface area contributed by atoms with Gasteiger partial charge in [0, 0.05) is 5.02 Å². The molecule has 1 aliphatic rings. The molecule has 1 N–H and O–H groups in total. The molecule has 1 fully saturated rings. The number of rotatable bonds is 4. The highest BCUT2D eigenvalue weighted by atomic mass is 35.5. The summed E-state index contributed by atoms with van der Waals surface area (Å²) in [6.45, 7) is 0.184. The first-order valence-corrected chi connectivity index (χ1v) is 7.75. The normalized spacial score (nSPS) is 15.2. The van der Waals surface area contributed by atoms with E-state index in [0.717, 1.165) is 10.5 Å². The van der Waals surface area contributed by atoms with Gasteiger partial charge in [0.15, 0.2) is 0 Å². The molecule has 1 heterocycles. The Morgan fingerprint density at radius 1 is 1.20 bits per heavy atom. The number of ether oxygens (including phenoxy) is 1. The van der Waals surface area contributed by atoms with Crippen LogP contribution in [0.2, 0.25) is 5.02 Å². The number of amides is 3. The standard InChI is InChI=1S/C19H13ClN2O3/c1-2-10-25-16-8-6-13(7-9-16)11-17-18(23)22(19(24)21-17)15-5-3-4-14(20)12-15/h1,3-9,11-12H,10H2,(H,21,24)/b17-11-. The largest absolute Gasteiger partial charge is 0.481 e. The van der Waals surface area contributed by atoms with E-state index >= 15 is 0 Å². The van der Waals surface area contributed by atoms with E-state index in [9.17, 15) is 9.59 Å². The summed E-state index contributed by atoms with van der Waals surface area (Å²) < 4.78 is 5.29. The number of urea groups is 1. The minimum Gasteiger partial charge on any atom is -0.481 e. The van der Waals surface area contributed by atoms with Gasteiger partial charge in [-0.15, -0.1) is 6.42 Å². The summed E-state index contributed by atoms with van der Waals surface area (Å²) >= 11 is 5.93. The molecule has 0 aromatic heterocycles. The Morgan fingerprint density at radius 3 is 2.64 bits per heavy atom. The third-order valence-electron chi connectivity index (χ3n) is 3.46. The van der Waals surface area contributed by atoms with Crippen LogP contribution in [0.15, 0.2) is 54.2 Å². The highest BCUT2D eigenvalue weighted by Crippen LogP contribution is 2.25. The first kappa shape index (κ1) is 16.6. The molecule has 25 heavy (non-hydrogen) atoms. The lowest BCUT2D eigenvalue weighted by Gasteiger charge is -2.11. The summed E-state index contributed by atoms with van der Waals surface area (Å²) in [6.07, 6.45) is 6.73. The molecule has 2 aromatic carbocycles. The number of carbonyl (C=O) groups excluding carboxylic acids is 2. The summed E-state index contributed by atoms with van der Waals surface area (Å²) in [5, 5.41) is 3.01. The smallest absolute Gasteiger partial charge is 0.333 e. The fourth-order valence-electron chi connectivity index (χ4n) is 2.34. The van der Waals surface area contributed by atoms with E-state index in [1.165, 1.54) is 0 Å². The van der Waals surface area contributed by atoms with E-state index in [4.69, 9.17) is 22.8 Å². The molecule has 3 rings (SSSR count). The monoisotopic (exact) mass is 352 g/mol. The summed E-state index contributed by atoms with van der Waals surface area (Å²) in [5.74, 6) is 2.57. The second kappa shape index (κ2) is 7.12. The van der Waals surface area contributed by atoms with E-state index < -0.39 is 11.9 Å². The topological polar surface area (TPSA) is 58.6 Å². The van der Waals surface area contributed by atoms with Crippen LogP contribution in [0.3, 0.4) is 0 Å². The molecule has 0 unspecified atom stereocenters. The number of carbonyl (C=O) groups is 2. The molecule has 2 aromatic rings. The maximum absolute atomic E-state index is 12.5. The van der Waals surface area contributed by atoms with E-state index in [2.05, 4.69) is 11.2 Å². The van der Waals surface area contributed by atoms with Crippen molar-refractivity contribution >= 4 is 35.3 Å². The van der Waals surface area contributed by atoms with Gasteiger partial charge in [-0.25, -0.2) is 9.69 Å². The lowest BCUT2D eigenvalue weighted by Crippen LogP contribution is -2.30. The molecule has 0 aliphatic carbocycles. The molecule has 0 atom stereocenters. The Labute approximate surface area is 149 Å². The van der Waals surface area contributed by atoms with Gasteiger partial charge in [-0.1, -0.05) is 35.7 Å². The molecule has 0 bridgehead atoms. The first-order valence-electron chi connectivity index (χ1n) is 7.37. The van der Waals surface area contributed by atoms with Gasteiger partial charge in [-0.05, 0) is 42.0 Å². The first-order chi connectivity index (χ1) is 12.1. The summed E-state index contributed by atoms with van der Waals surface area (Å²) in [6, 6.07) is 13.0. The molecular formula is C19H13ClN2O3. The van der Waals surface area contributed by atoms with Crippen LogP contribution in [0.4, 0.5) is 10.5 Å². The fraction of sp³-hybridized carbons (Fsp3) is 0.0526.